The number of anilines is 1. The summed E-state index contributed by atoms with van der Waals surface area (Å²) in [6, 6.07) is 1.74. The first-order chi connectivity index (χ1) is 12.1. The Hall–Kier alpha value is -2.18. The molecule has 0 aliphatic carbocycles. The van der Waals surface area contributed by atoms with Crippen LogP contribution in [-0.4, -0.2) is 54.8 Å². The van der Waals surface area contributed by atoms with E-state index in [0.717, 1.165) is 19.3 Å². The summed E-state index contributed by atoms with van der Waals surface area (Å²) in [4.78, 5) is 4.00. The number of aromatic nitrogens is 3. The second-order valence-corrected chi connectivity index (χ2v) is 6.05. The van der Waals surface area contributed by atoms with Crippen LogP contribution in [-0.2, 0) is 4.74 Å². The Kier molecular flexibility index (Phi) is 5.20. The van der Waals surface area contributed by atoms with Crippen LogP contribution in [0.2, 0.25) is 0 Å². The maximum absolute atomic E-state index is 10.3. The number of fused-ring (bicyclic) bond motifs is 1. The summed E-state index contributed by atoms with van der Waals surface area (Å²) >= 11 is 0. The van der Waals surface area contributed by atoms with Crippen LogP contribution >= 0.6 is 0 Å². The summed E-state index contributed by atoms with van der Waals surface area (Å²) in [6.07, 6.45) is 0.0676. The molecular weight excluding hydrogens is 324 g/mol. The van der Waals surface area contributed by atoms with Gasteiger partial charge in [0.05, 0.1) is 17.9 Å². The Morgan fingerprint density at radius 1 is 1.36 bits per heavy atom. The highest BCUT2D eigenvalue weighted by atomic mass is 16.6. The van der Waals surface area contributed by atoms with Crippen molar-refractivity contribution < 1.29 is 20.1 Å². The molecule has 5 N–H and O–H groups in total. The van der Waals surface area contributed by atoms with Crippen molar-refractivity contribution in [2.24, 2.45) is 0 Å². The van der Waals surface area contributed by atoms with Gasteiger partial charge in [0, 0.05) is 6.42 Å². The van der Waals surface area contributed by atoms with Gasteiger partial charge in [-0.2, -0.15) is 5.10 Å². The van der Waals surface area contributed by atoms with Gasteiger partial charge in [-0.05, 0) is 12.5 Å². The van der Waals surface area contributed by atoms with Gasteiger partial charge in [0.25, 0.3) is 0 Å². The first-order valence-electron chi connectivity index (χ1n) is 8.31. The van der Waals surface area contributed by atoms with Gasteiger partial charge in [0.1, 0.15) is 36.3 Å². The largest absolute Gasteiger partial charge is 0.394 e. The lowest BCUT2D eigenvalue weighted by Gasteiger charge is -2.14. The monoisotopic (exact) mass is 346 g/mol. The van der Waals surface area contributed by atoms with Crippen LogP contribution in [0.25, 0.3) is 5.52 Å². The summed E-state index contributed by atoms with van der Waals surface area (Å²) in [7, 11) is 0. The summed E-state index contributed by atoms with van der Waals surface area (Å²) < 4.78 is 7.13. The van der Waals surface area contributed by atoms with Gasteiger partial charge in [-0.15, -0.1) is 0 Å². The summed E-state index contributed by atoms with van der Waals surface area (Å²) in [5.74, 6) is 6.45. The van der Waals surface area contributed by atoms with E-state index in [0.29, 0.717) is 16.8 Å². The SMILES string of the molecule is CCCCC#Cc1cc([C@@H]2O[C@H](CO)[C@@H](O)[C@H]2O)n2ncnc(N)c12. The second-order valence-electron chi connectivity index (χ2n) is 6.05. The van der Waals surface area contributed by atoms with Gasteiger partial charge in [-0.1, -0.05) is 25.2 Å². The Morgan fingerprint density at radius 2 is 2.16 bits per heavy atom. The number of hydrogen-bond acceptors (Lipinski definition) is 7. The van der Waals surface area contributed by atoms with Gasteiger partial charge >= 0.3 is 0 Å². The molecule has 0 radical (unpaired) electrons. The van der Waals surface area contributed by atoms with Crippen molar-refractivity contribution in [1.29, 1.82) is 0 Å². The van der Waals surface area contributed by atoms with E-state index in [4.69, 9.17) is 10.5 Å². The lowest BCUT2D eigenvalue weighted by Crippen LogP contribution is -2.32. The fraction of sp³-hybridized carbons (Fsp3) is 0.529. The van der Waals surface area contributed by atoms with E-state index in [1.165, 1.54) is 10.8 Å². The highest BCUT2D eigenvalue weighted by molar-refractivity contribution is 5.75. The van der Waals surface area contributed by atoms with E-state index in [9.17, 15) is 15.3 Å². The third-order valence-electron chi connectivity index (χ3n) is 4.32. The molecule has 8 heteroatoms. The maximum atomic E-state index is 10.3. The zero-order valence-electron chi connectivity index (χ0n) is 14.0. The zero-order chi connectivity index (χ0) is 18.0. The molecular formula is C17H22N4O4. The molecule has 1 saturated heterocycles. The van der Waals surface area contributed by atoms with Crippen LogP contribution in [0.15, 0.2) is 12.4 Å². The lowest BCUT2D eigenvalue weighted by atomic mass is 10.1. The molecule has 1 aliphatic rings. The van der Waals surface area contributed by atoms with Crippen molar-refractivity contribution in [3.63, 3.8) is 0 Å². The lowest BCUT2D eigenvalue weighted by molar-refractivity contribution is -0.0244. The second kappa shape index (κ2) is 7.37. The third-order valence-corrected chi connectivity index (χ3v) is 4.32. The molecule has 0 aromatic carbocycles. The minimum Gasteiger partial charge on any atom is -0.394 e. The van der Waals surface area contributed by atoms with Crippen LogP contribution in [0, 0.1) is 11.8 Å². The number of nitrogens with two attached hydrogens (primary N) is 1. The van der Waals surface area contributed by atoms with E-state index in [2.05, 4.69) is 28.8 Å². The molecule has 4 atom stereocenters. The van der Waals surface area contributed by atoms with E-state index < -0.39 is 31.0 Å². The zero-order valence-corrected chi connectivity index (χ0v) is 14.0. The van der Waals surface area contributed by atoms with Crippen LogP contribution < -0.4 is 5.73 Å². The number of nitrogens with zero attached hydrogens (tertiary/aromatic N) is 3. The molecule has 8 nitrogen and oxygen atoms in total. The van der Waals surface area contributed by atoms with Crippen molar-refractivity contribution in [2.45, 2.75) is 50.6 Å². The number of hydrogen-bond donors (Lipinski definition) is 4. The summed E-state index contributed by atoms with van der Waals surface area (Å²) in [6.45, 7) is 1.71. The van der Waals surface area contributed by atoms with Crippen molar-refractivity contribution in [3.05, 3.63) is 23.7 Å². The highest BCUT2D eigenvalue weighted by Crippen LogP contribution is 2.35. The van der Waals surface area contributed by atoms with Gasteiger partial charge in [0.15, 0.2) is 5.82 Å². The van der Waals surface area contributed by atoms with Crippen molar-refractivity contribution in [2.75, 3.05) is 12.3 Å². The topological polar surface area (TPSA) is 126 Å². The Bertz CT molecular complexity index is 810. The average Bonchev–Trinajstić information content (AvgIpc) is 3.11. The predicted molar refractivity (Wildman–Crippen MR) is 90.5 cm³/mol. The molecule has 3 rings (SSSR count). The fourth-order valence-electron chi connectivity index (χ4n) is 2.96. The van der Waals surface area contributed by atoms with Crippen molar-refractivity contribution in [1.82, 2.24) is 14.6 Å². The Labute approximate surface area is 145 Å². The van der Waals surface area contributed by atoms with Gasteiger partial charge in [-0.3, -0.25) is 0 Å². The average molecular weight is 346 g/mol. The molecule has 3 heterocycles. The number of nitrogen functional groups attached to an aromatic ring is 1. The molecule has 25 heavy (non-hydrogen) atoms. The Balaban J connectivity index is 2.04. The first kappa shape index (κ1) is 17.6. The number of aliphatic hydroxyl groups excluding tert-OH is 3. The van der Waals surface area contributed by atoms with Crippen LogP contribution in [0.4, 0.5) is 5.82 Å². The van der Waals surface area contributed by atoms with E-state index in [1.54, 1.807) is 6.07 Å². The summed E-state index contributed by atoms with van der Waals surface area (Å²) in [5, 5.41) is 33.7. The molecule has 2 aromatic heterocycles. The van der Waals surface area contributed by atoms with Crippen LogP contribution in [0.1, 0.15) is 43.5 Å². The number of ether oxygens (including phenoxy) is 1. The molecule has 0 unspecified atom stereocenters. The quantitative estimate of drug-likeness (QED) is 0.454. The van der Waals surface area contributed by atoms with Crippen molar-refractivity contribution in [3.8, 4) is 11.8 Å². The van der Waals surface area contributed by atoms with Crippen LogP contribution in [0.3, 0.4) is 0 Å². The van der Waals surface area contributed by atoms with Gasteiger partial charge in [-0.25, -0.2) is 9.50 Å². The predicted octanol–water partition coefficient (Wildman–Crippen LogP) is 0.00720. The van der Waals surface area contributed by atoms with Gasteiger partial charge in [0.2, 0.25) is 0 Å². The molecule has 0 saturated carbocycles. The number of unbranched alkanes of at least 4 members (excludes halogenated alkanes) is 2. The molecule has 2 aromatic rings. The number of aliphatic hydroxyl groups is 3. The minimum atomic E-state index is -1.19. The standard InChI is InChI=1S/C17H22N4O4/c1-2-3-4-5-6-10-7-11(21-13(10)17(18)19-9-20-21)16-15(24)14(23)12(8-22)25-16/h7,9,12,14-16,22-24H,2-4,8H2,1H3,(H2,18,19,20)/t12-,14-,15-,16+/m1/s1. The van der Waals surface area contributed by atoms with Gasteiger partial charge < -0.3 is 25.8 Å². The highest BCUT2D eigenvalue weighted by Gasteiger charge is 2.44. The maximum Gasteiger partial charge on any atom is 0.152 e. The molecule has 134 valence electrons. The molecule has 0 spiro atoms. The molecule has 0 amide bonds. The summed E-state index contributed by atoms with van der Waals surface area (Å²) in [5.41, 5.74) is 7.67. The normalized spacial score (nSPS) is 25.9. The van der Waals surface area contributed by atoms with Crippen molar-refractivity contribution >= 4 is 11.3 Å². The molecule has 1 fully saturated rings. The molecule has 0 bridgehead atoms. The van der Waals surface area contributed by atoms with Crippen LogP contribution in [0.5, 0.6) is 0 Å². The van der Waals surface area contributed by atoms with E-state index in [-0.39, 0.29) is 5.82 Å². The fourth-order valence-corrected chi connectivity index (χ4v) is 2.96. The first-order valence-corrected chi connectivity index (χ1v) is 8.31. The van der Waals surface area contributed by atoms with E-state index in [1.807, 2.05) is 0 Å². The molecule has 1 aliphatic heterocycles. The van der Waals surface area contributed by atoms with E-state index >= 15 is 0 Å². The third kappa shape index (κ3) is 3.19. The Morgan fingerprint density at radius 3 is 2.84 bits per heavy atom. The smallest absolute Gasteiger partial charge is 0.152 e. The number of rotatable bonds is 4. The minimum absolute atomic E-state index is 0.271.